The predicted molar refractivity (Wildman–Crippen MR) is 61.1 cm³/mol. The van der Waals surface area contributed by atoms with Crippen LogP contribution >= 0.6 is 0 Å². The summed E-state index contributed by atoms with van der Waals surface area (Å²) in [7, 11) is 2.11. The monoisotopic (exact) mass is 196 g/mol. The Morgan fingerprint density at radius 1 is 1.21 bits per heavy atom. The van der Waals surface area contributed by atoms with Crippen molar-refractivity contribution in [3.63, 3.8) is 0 Å². The van der Waals surface area contributed by atoms with Gasteiger partial charge < -0.3 is 4.90 Å². The Kier molecular flexibility index (Phi) is 8.67. The third-order valence-electron chi connectivity index (χ3n) is 2.75. The molecule has 0 amide bonds. The van der Waals surface area contributed by atoms with Gasteiger partial charge in [-0.3, -0.25) is 0 Å². The Balaban J connectivity index is 3.35. The van der Waals surface area contributed by atoms with Crippen molar-refractivity contribution in [2.24, 2.45) is 0 Å². The van der Waals surface area contributed by atoms with E-state index >= 15 is 0 Å². The Labute approximate surface area is 88.9 Å². The lowest BCUT2D eigenvalue weighted by atomic mass is 10.1. The van der Waals surface area contributed by atoms with Crippen LogP contribution in [0.4, 0.5) is 0 Å². The molecule has 0 aromatic carbocycles. The van der Waals surface area contributed by atoms with E-state index in [-0.39, 0.29) is 0 Å². The number of nitriles is 1. The lowest BCUT2D eigenvalue weighted by Crippen LogP contribution is -2.29. The van der Waals surface area contributed by atoms with Gasteiger partial charge in [-0.05, 0) is 26.9 Å². The molecule has 1 unspecified atom stereocenters. The average Bonchev–Trinajstić information content (AvgIpc) is 2.17. The van der Waals surface area contributed by atoms with Gasteiger partial charge in [-0.1, -0.05) is 32.6 Å². The SMILES string of the molecule is CCCCCCCN(C)C(C)CC#N. The van der Waals surface area contributed by atoms with E-state index in [0.29, 0.717) is 12.5 Å². The van der Waals surface area contributed by atoms with Crippen LogP contribution in [0.1, 0.15) is 52.4 Å². The molecule has 0 radical (unpaired) electrons. The van der Waals surface area contributed by atoms with Gasteiger partial charge in [-0.15, -0.1) is 0 Å². The maximum atomic E-state index is 8.55. The zero-order valence-electron chi connectivity index (χ0n) is 9.92. The molecule has 0 bridgehead atoms. The highest BCUT2D eigenvalue weighted by molar-refractivity contribution is 4.78. The molecule has 0 N–H and O–H groups in total. The van der Waals surface area contributed by atoms with E-state index in [1.54, 1.807) is 0 Å². The van der Waals surface area contributed by atoms with E-state index in [9.17, 15) is 0 Å². The normalized spacial score (nSPS) is 12.8. The summed E-state index contributed by atoms with van der Waals surface area (Å²) in [6.45, 7) is 5.49. The fourth-order valence-corrected chi connectivity index (χ4v) is 1.47. The third kappa shape index (κ3) is 6.91. The van der Waals surface area contributed by atoms with Crippen LogP contribution in [0.5, 0.6) is 0 Å². The summed E-state index contributed by atoms with van der Waals surface area (Å²) in [5, 5.41) is 8.55. The van der Waals surface area contributed by atoms with E-state index in [4.69, 9.17) is 5.26 Å². The number of rotatable bonds is 8. The van der Waals surface area contributed by atoms with Crippen molar-refractivity contribution in [1.29, 1.82) is 5.26 Å². The first kappa shape index (κ1) is 13.4. The van der Waals surface area contributed by atoms with Crippen molar-refractivity contribution in [3.05, 3.63) is 0 Å². The highest BCUT2D eigenvalue weighted by Gasteiger charge is 2.06. The van der Waals surface area contributed by atoms with Crippen LogP contribution in [0.3, 0.4) is 0 Å². The molecule has 0 saturated heterocycles. The number of nitrogens with zero attached hydrogens (tertiary/aromatic N) is 2. The fraction of sp³-hybridized carbons (Fsp3) is 0.917. The Morgan fingerprint density at radius 3 is 2.43 bits per heavy atom. The van der Waals surface area contributed by atoms with Gasteiger partial charge in [0.2, 0.25) is 0 Å². The number of unbranched alkanes of at least 4 members (excludes halogenated alkanes) is 4. The van der Waals surface area contributed by atoms with Crippen molar-refractivity contribution in [2.75, 3.05) is 13.6 Å². The minimum Gasteiger partial charge on any atom is -0.303 e. The number of hydrogen-bond acceptors (Lipinski definition) is 2. The van der Waals surface area contributed by atoms with E-state index in [2.05, 4.69) is 31.9 Å². The van der Waals surface area contributed by atoms with Gasteiger partial charge in [0.15, 0.2) is 0 Å². The predicted octanol–water partition coefficient (Wildman–Crippen LogP) is 3.19. The minimum absolute atomic E-state index is 0.408. The molecule has 2 nitrogen and oxygen atoms in total. The summed E-state index contributed by atoms with van der Waals surface area (Å²) in [6, 6.07) is 2.63. The maximum Gasteiger partial charge on any atom is 0.0638 e. The van der Waals surface area contributed by atoms with Crippen LogP contribution in [0.25, 0.3) is 0 Å². The quantitative estimate of drug-likeness (QED) is 0.557. The van der Waals surface area contributed by atoms with Crippen molar-refractivity contribution < 1.29 is 0 Å². The summed E-state index contributed by atoms with van der Waals surface area (Å²) in [5.41, 5.74) is 0. The van der Waals surface area contributed by atoms with E-state index < -0.39 is 0 Å². The van der Waals surface area contributed by atoms with Crippen LogP contribution in [0.15, 0.2) is 0 Å². The molecule has 2 heteroatoms. The highest BCUT2D eigenvalue weighted by atomic mass is 15.1. The molecule has 1 atom stereocenters. The highest BCUT2D eigenvalue weighted by Crippen LogP contribution is 2.06. The minimum atomic E-state index is 0.408. The smallest absolute Gasteiger partial charge is 0.0638 e. The van der Waals surface area contributed by atoms with Crippen molar-refractivity contribution in [3.8, 4) is 6.07 Å². The number of hydrogen-bond donors (Lipinski definition) is 0. The van der Waals surface area contributed by atoms with Gasteiger partial charge >= 0.3 is 0 Å². The Morgan fingerprint density at radius 2 is 1.86 bits per heavy atom. The van der Waals surface area contributed by atoms with Gasteiger partial charge in [0.25, 0.3) is 0 Å². The summed E-state index contributed by atoms with van der Waals surface area (Å²) in [6.07, 6.45) is 7.27. The second-order valence-electron chi connectivity index (χ2n) is 4.11. The first-order valence-electron chi connectivity index (χ1n) is 5.79. The molecular formula is C12H24N2. The summed E-state index contributed by atoms with van der Waals surface area (Å²) >= 11 is 0. The fourth-order valence-electron chi connectivity index (χ4n) is 1.47. The van der Waals surface area contributed by atoms with Crippen molar-refractivity contribution >= 4 is 0 Å². The van der Waals surface area contributed by atoms with Crippen LogP contribution in [0, 0.1) is 11.3 Å². The summed E-state index contributed by atoms with van der Waals surface area (Å²) in [5.74, 6) is 0. The third-order valence-corrected chi connectivity index (χ3v) is 2.75. The molecule has 0 aliphatic rings. The molecule has 0 spiro atoms. The first-order chi connectivity index (χ1) is 6.72. The van der Waals surface area contributed by atoms with Gasteiger partial charge in [0.1, 0.15) is 0 Å². The Bertz CT molecular complexity index is 160. The molecule has 0 heterocycles. The second kappa shape index (κ2) is 9.02. The standard InChI is InChI=1S/C12H24N2/c1-4-5-6-7-8-11-14(3)12(2)9-10-13/h12H,4-9,11H2,1-3H3. The van der Waals surface area contributed by atoms with Crippen LogP contribution in [0.2, 0.25) is 0 Å². The lowest BCUT2D eigenvalue weighted by molar-refractivity contribution is 0.254. The van der Waals surface area contributed by atoms with Crippen molar-refractivity contribution in [2.45, 2.75) is 58.4 Å². The molecule has 14 heavy (non-hydrogen) atoms. The molecule has 0 aromatic rings. The molecule has 82 valence electrons. The second-order valence-corrected chi connectivity index (χ2v) is 4.11. The maximum absolute atomic E-state index is 8.55. The van der Waals surface area contributed by atoms with Gasteiger partial charge in [0.05, 0.1) is 12.5 Å². The van der Waals surface area contributed by atoms with E-state index in [1.165, 1.54) is 32.1 Å². The summed E-state index contributed by atoms with van der Waals surface area (Å²) in [4.78, 5) is 2.29. The van der Waals surface area contributed by atoms with Gasteiger partial charge in [0, 0.05) is 6.04 Å². The lowest BCUT2D eigenvalue weighted by Gasteiger charge is -2.22. The van der Waals surface area contributed by atoms with E-state index in [0.717, 1.165) is 6.54 Å². The topological polar surface area (TPSA) is 27.0 Å². The van der Waals surface area contributed by atoms with Crippen molar-refractivity contribution in [1.82, 2.24) is 4.90 Å². The van der Waals surface area contributed by atoms with Crippen LogP contribution in [-0.4, -0.2) is 24.5 Å². The molecule has 0 fully saturated rings. The molecule has 0 aliphatic heterocycles. The first-order valence-corrected chi connectivity index (χ1v) is 5.79. The molecule has 0 rings (SSSR count). The molecule has 0 aliphatic carbocycles. The van der Waals surface area contributed by atoms with Gasteiger partial charge in [-0.2, -0.15) is 5.26 Å². The van der Waals surface area contributed by atoms with E-state index in [1.807, 2.05) is 0 Å². The van der Waals surface area contributed by atoms with Crippen LogP contribution < -0.4 is 0 Å². The molecule has 0 aromatic heterocycles. The average molecular weight is 196 g/mol. The molecule has 0 saturated carbocycles. The zero-order chi connectivity index (χ0) is 10.8. The Hall–Kier alpha value is -0.550. The van der Waals surface area contributed by atoms with Crippen LogP contribution in [-0.2, 0) is 0 Å². The largest absolute Gasteiger partial charge is 0.303 e. The zero-order valence-corrected chi connectivity index (χ0v) is 9.92. The molecular weight excluding hydrogens is 172 g/mol. The van der Waals surface area contributed by atoms with Gasteiger partial charge in [-0.25, -0.2) is 0 Å². The summed E-state index contributed by atoms with van der Waals surface area (Å²) < 4.78 is 0.